The standard InChI is InChI=1S/C11H21N5O/c1-11(12,8-17-2)7-14-10-3-4-15-16(10)9-5-13-6-9/h3-4,9,13-14H,5-8,12H2,1-2H3. The van der Waals surface area contributed by atoms with E-state index in [1.807, 2.05) is 23.9 Å². The van der Waals surface area contributed by atoms with E-state index in [0.717, 1.165) is 18.9 Å². The number of nitrogens with zero attached hydrogens (tertiary/aromatic N) is 2. The summed E-state index contributed by atoms with van der Waals surface area (Å²) in [5.41, 5.74) is 5.71. The molecule has 4 N–H and O–H groups in total. The molecule has 0 spiro atoms. The second-order valence-corrected chi connectivity index (χ2v) is 4.91. The Labute approximate surface area is 102 Å². The normalized spacial score (nSPS) is 19.7. The van der Waals surface area contributed by atoms with Gasteiger partial charge in [-0.2, -0.15) is 5.10 Å². The molecule has 1 fully saturated rings. The molecule has 6 heteroatoms. The van der Waals surface area contributed by atoms with Crippen LogP contribution in [0.25, 0.3) is 0 Å². The molecule has 1 atom stereocenters. The van der Waals surface area contributed by atoms with Gasteiger partial charge in [-0.3, -0.25) is 0 Å². The van der Waals surface area contributed by atoms with Gasteiger partial charge >= 0.3 is 0 Å². The Morgan fingerprint density at radius 2 is 2.47 bits per heavy atom. The fraction of sp³-hybridized carbons (Fsp3) is 0.727. The van der Waals surface area contributed by atoms with E-state index in [1.54, 1.807) is 7.11 Å². The number of anilines is 1. The molecular weight excluding hydrogens is 218 g/mol. The lowest BCUT2D eigenvalue weighted by atomic mass is 10.1. The summed E-state index contributed by atoms with van der Waals surface area (Å²) in [6.45, 7) is 5.11. The average Bonchev–Trinajstić information content (AvgIpc) is 2.60. The summed E-state index contributed by atoms with van der Waals surface area (Å²) in [5, 5.41) is 10.9. The highest BCUT2D eigenvalue weighted by atomic mass is 16.5. The summed E-state index contributed by atoms with van der Waals surface area (Å²) >= 11 is 0. The predicted molar refractivity (Wildman–Crippen MR) is 67.1 cm³/mol. The molecule has 0 saturated carbocycles. The highest BCUT2D eigenvalue weighted by Crippen LogP contribution is 2.17. The summed E-state index contributed by atoms with van der Waals surface area (Å²) in [7, 11) is 1.66. The summed E-state index contributed by atoms with van der Waals surface area (Å²) in [6, 6.07) is 2.43. The Hall–Kier alpha value is -1.11. The second kappa shape index (κ2) is 5.03. The summed E-state index contributed by atoms with van der Waals surface area (Å²) in [6.07, 6.45) is 1.81. The number of nitrogens with one attached hydrogen (secondary N) is 2. The van der Waals surface area contributed by atoms with Gasteiger partial charge in [0.05, 0.1) is 24.4 Å². The van der Waals surface area contributed by atoms with E-state index in [2.05, 4.69) is 15.7 Å². The van der Waals surface area contributed by atoms with Crippen LogP contribution >= 0.6 is 0 Å². The van der Waals surface area contributed by atoms with Gasteiger partial charge in [0, 0.05) is 32.8 Å². The summed E-state index contributed by atoms with van der Waals surface area (Å²) in [5.74, 6) is 1.02. The van der Waals surface area contributed by atoms with Gasteiger partial charge in [-0.25, -0.2) is 4.68 Å². The fourth-order valence-corrected chi connectivity index (χ4v) is 1.86. The van der Waals surface area contributed by atoms with Crippen molar-refractivity contribution in [2.75, 3.05) is 38.7 Å². The number of ether oxygens (including phenoxy) is 1. The first-order valence-electron chi connectivity index (χ1n) is 5.88. The van der Waals surface area contributed by atoms with Crippen molar-refractivity contribution in [3.63, 3.8) is 0 Å². The van der Waals surface area contributed by atoms with Crippen LogP contribution in [0, 0.1) is 0 Å². The Kier molecular flexibility index (Phi) is 3.66. The van der Waals surface area contributed by atoms with Crippen LogP contribution < -0.4 is 16.4 Å². The van der Waals surface area contributed by atoms with Gasteiger partial charge in [-0.15, -0.1) is 0 Å². The van der Waals surface area contributed by atoms with E-state index in [0.29, 0.717) is 19.2 Å². The van der Waals surface area contributed by atoms with Crippen molar-refractivity contribution in [1.29, 1.82) is 0 Å². The van der Waals surface area contributed by atoms with Crippen molar-refractivity contribution in [1.82, 2.24) is 15.1 Å². The molecule has 0 aromatic carbocycles. The molecule has 2 rings (SSSR count). The average molecular weight is 239 g/mol. The minimum absolute atomic E-state index is 0.373. The zero-order chi connectivity index (χ0) is 12.3. The number of aromatic nitrogens is 2. The third kappa shape index (κ3) is 2.96. The minimum atomic E-state index is -0.373. The van der Waals surface area contributed by atoms with Crippen LogP contribution in [0.3, 0.4) is 0 Å². The SMILES string of the molecule is COCC(C)(N)CNc1ccnn1C1CNC1. The van der Waals surface area contributed by atoms with Crippen LogP contribution in [0.15, 0.2) is 12.3 Å². The number of methoxy groups -OCH3 is 1. The second-order valence-electron chi connectivity index (χ2n) is 4.91. The maximum Gasteiger partial charge on any atom is 0.124 e. The molecular formula is C11H21N5O. The zero-order valence-corrected chi connectivity index (χ0v) is 10.4. The molecule has 6 nitrogen and oxygen atoms in total. The maximum atomic E-state index is 6.09. The number of hydrogen-bond donors (Lipinski definition) is 3. The topological polar surface area (TPSA) is 77.1 Å². The van der Waals surface area contributed by atoms with Crippen LogP contribution in [0.5, 0.6) is 0 Å². The molecule has 17 heavy (non-hydrogen) atoms. The Morgan fingerprint density at radius 1 is 1.71 bits per heavy atom. The molecule has 96 valence electrons. The Balaban J connectivity index is 1.92. The van der Waals surface area contributed by atoms with Crippen LogP contribution in [0.1, 0.15) is 13.0 Å². The molecule has 0 radical (unpaired) electrons. The first-order chi connectivity index (χ1) is 8.12. The van der Waals surface area contributed by atoms with Gasteiger partial charge in [-0.05, 0) is 6.92 Å². The van der Waals surface area contributed by atoms with E-state index in [-0.39, 0.29) is 5.54 Å². The Bertz CT molecular complexity index is 358. The monoisotopic (exact) mass is 239 g/mol. The molecule has 1 aromatic rings. The van der Waals surface area contributed by atoms with Crippen LogP contribution in [-0.4, -0.2) is 48.7 Å². The van der Waals surface area contributed by atoms with Crippen molar-refractivity contribution in [2.24, 2.45) is 5.73 Å². The molecule has 1 aliphatic rings. The van der Waals surface area contributed by atoms with E-state index in [1.165, 1.54) is 0 Å². The van der Waals surface area contributed by atoms with Gasteiger partial charge in [-0.1, -0.05) is 0 Å². The Morgan fingerprint density at radius 3 is 3.06 bits per heavy atom. The van der Waals surface area contributed by atoms with Crippen molar-refractivity contribution < 1.29 is 4.74 Å². The molecule has 1 saturated heterocycles. The van der Waals surface area contributed by atoms with Gasteiger partial charge in [0.15, 0.2) is 0 Å². The van der Waals surface area contributed by atoms with E-state index in [9.17, 15) is 0 Å². The molecule has 0 amide bonds. The highest BCUT2D eigenvalue weighted by molar-refractivity contribution is 5.35. The van der Waals surface area contributed by atoms with Crippen molar-refractivity contribution >= 4 is 5.82 Å². The quantitative estimate of drug-likeness (QED) is 0.641. The van der Waals surface area contributed by atoms with Crippen molar-refractivity contribution in [3.05, 3.63) is 12.3 Å². The van der Waals surface area contributed by atoms with Crippen LogP contribution in [0.4, 0.5) is 5.82 Å². The molecule has 0 aliphatic carbocycles. The van der Waals surface area contributed by atoms with Gasteiger partial charge in [0.2, 0.25) is 0 Å². The third-order valence-corrected chi connectivity index (χ3v) is 2.92. The number of hydrogen-bond acceptors (Lipinski definition) is 5. The number of nitrogens with two attached hydrogens (primary N) is 1. The molecule has 2 heterocycles. The first kappa shape index (κ1) is 12.3. The van der Waals surface area contributed by atoms with Crippen molar-refractivity contribution in [2.45, 2.75) is 18.5 Å². The summed E-state index contributed by atoms with van der Waals surface area (Å²) in [4.78, 5) is 0. The summed E-state index contributed by atoms with van der Waals surface area (Å²) < 4.78 is 7.10. The van der Waals surface area contributed by atoms with E-state index < -0.39 is 0 Å². The maximum absolute atomic E-state index is 6.09. The number of rotatable bonds is 6. The van der Waals surface area contributed by atoms with Crippen LogP contribution in [-0.2, 0) is 4.74 Å². The largest absolute Gasteiger partial charge is 0.383 e. The molecule has 1 aliphatic heterocycles. The lowest BCUT2D eigenvalue weighted by Crippen LogP contribution is -2.48. The van der Waals surface area contributed by atoms with Gasteiger partial charge in [0.1, 0.15) is 5.82 Å². The highest BCUT2D eigenvalue weighted by Gasteiger charge is 2.23. The lowest BCUT2D eigenvalue weighted by Gasteiger charge is -2.30. The molecule has 1 unspecified atom stereocenters. The minimum Gasteiger partial charge on any atom is -0.383 e. The van der Waals surface area contributed by atoms with Gasteiger partial charge < -0.3 is 21.1 Å². The molecule has 0 bridgehead atoms. The fourth-order valence-electron chi connectivity index (χ4n) is 1.86. The van der Waals surface area contributed by atoms with E-state index in [4.69, 9.17) is 10.5 Å². The lowest BCUT2D eigenvalue weighted by molar-refractivity contribution is 0.146. The third-order valence-electron chi connectivity index (χ3n) is 2.92. The molecule has 1 aromatic heterocycles. The smallest absolute Gasteiger partial charge is 0.124 e. The zero-order valence-electron chi connectivity index (χ0n) is 10.4. The van der Waals surface area contributed by atoms with E-state index >= 15 is 0 Å². The van der Waals surface area contributed by atoms with Gasteiger partial charge in [0.25, 0.3) is 0 Å². The van der Waals surface area contributed by atoms with Crippen molar-refractivity contribution in [3.8, 4) is 0 Å². The first-order valence-corrected chi connectivity index (χ1v) is 5.88. The van der Waals surface area contributed by atoms with Crippen LogP contribution in [0.2, 0.25) is 0 Å². The predicted octanol–water partition coefficient (Wildman–Crippen LogP) is -0.197.